The minimum Gasteiger partial charge on any atom is -0.504 e. The number of ketones is 1. The number of ether oxygens (including phenoxy) is 1. The van der Waals surface area contributed by atoms with Crippen molar-refractivity contribution >= 4 is 11.7 Å². The maximum Gasteiger partial charge on any atom is 0.290 e. The number of hydrogen-bond acceptors (Lipinski definition) is 5. The van der Waals surface area contributed by atoms with E-state index >= 15 is 0 Å². The van der Waals surface area contributed by atoms with Crippen LogP contribution in [-0.4, -0.2) is 40.5 Å². The van der Waals surface area contributed by atoms with E-state index in [1.54, 1.807) is 32.9 Å². The number of aliphatic hydroxyl groups is 1. The van der Waals surface area contributed by atoms with Crippen molar-refractivity contribution in [2.45, 2.75) is 46.6 Å². The smallest absolute Gasteiger partial charge is 0.290 e. The van der Waals surface area contributed by atoms with Gasteiger partial charge in [-0.25, -0.2) is 0 Å². The van der Waals surface area contributed by atoms with Crippen LogP contribution in [0.3, 0.4) is 0 Å². The number of carbonyl (C=O) groups excluding carboxylic acids is 2. The fourth-order valence-corrected chi connectivity index (χ4v) is 3.07. The fraction of sp³-hybridized carbons (Fsp3) is 0.500. The third kappa shape index (κ3) is 3.54. The summed E-state index contributed by atoms with van der Waals surface area (Å²) in [5, 5.41) is 20.6. The summed E-state index contributed by atoms with van der Waals surface area (Å²) in [6.45, 7) is 7.66. The topological polar surface area (TPSA) is 87.1 Å². The van der Waals surface area contributed by atoms with Gasteiger partial charge in [0.2, 0.25) is 0 Å². The molecule has 1 atom stereocenters. The number of carbonyl (C=O) groups is 2. The summed E-state index contributed by atoms with van der Waals surface area (Å²) < 4.78 is 5.07. The number of Topliss-reactive ketones (excluding diaryl/α,β-unsaturated/α-hetero) is 1. The van der Waals surface area contributed by atoms with E-state index in [9.17, 15) is 19.8 Å². The number of nitrogens with zero attached hydrogens (tertiary/aromatic N) is 1. The standard InChI is InChI=1S/C20H27NO5/c1-6-7-10-21-16(12-8-9-14(26-5)13(22)11-12)15(17(23)19(21)25)18(24)20(2,3)4/h8-9,11,16,22-23H,6-7,10H2,1-5H3. The molecular formula is C20H27NO5. The Morgan fingerprint density at radius 2 is 1.92 bits per heavy atom. The number of unbranched alkanes of at least 4 members (excludes halogenated alkanes) is 1. The molecule has 6 nitrogen and oxygen atoms in total. The van der Waals surface area contributed by atoms with Crippen LogP contribution >= 0.6 is 0 Å². The van der Waals surface area contributed by atoms with E-state index in [0.717, 1.165) is 12.8 Å². The molecule has 1 aliphatic rings. The molecule has 1 aromatic rings. The molecule has 0 aliphatic carbocycles. The quantitative estimate of drug-likeness (QED) is 0.810. The molecule has 2 rings (SSSR count). The Morgan fingerprint density at radius 1 is 1.27 bits per heavy atom. The lowest BCUT2D eigenvalue weighted by Crippen LogP contribution is -2.33. The molecule has 0 saturated heterocycles. The predicted molar refractivity (Wildman–Crippen MR) is 98.1 cm³/mol. The monoisotopic (exact) mass is 361 g/mol. The maximum atomic E-state index is 13.0. The van der Waals surface area contributed by atoms with Gasteiger partial charge in [-0.2, -0.15) is 0 Å². The van der Waals surface area contributed by atoms with Gasteiger partial charge < -0.3 is 19.8 Å². The molecule has 1 aliphatic heterocycles. The van der Waals surface area contributed by atoms with Crippen LogP contribution in [0.15, 0.2) is 29.5 Å². The summed E-state index contributed by atoms with van der Waals surface area (Å²) in [6, 6.07) is 4.04. The summed E-state index contributed by atoms with van der Waals surface area (Å²) in [7, 11) is 1.45. The number of amides is 1. The van der Waals surface area contributed by atoms with Crippen molar-refractivity contribution in [3.8, 4) is 11.5 Å². The fourth-order valence-electron chi connectivity index (χ4n) is 3.07. The average Bonchev–Trinajstić information content (AvgIpc) is 2.82. The van der Waals surface area contributed by atoms with E-state index in [4.69, 9.17) is 4.74 Å². The Hall–Kier alpha value is -2.50. The number of phenols is 1. The summed E-state index contributed by atoms with van der Waals surface area (Å²) >= 11 is 0. The van der Waals surface area contributed by atoms with Crippen LogP contribution in [0.4, 0.5) is 0 Å². The molecule has 0 aromatic heterocycles. The lowest BCUT2D eigenvalue weighted by atomic mass is 9.82. The summed E-state index contributed by atoms with van der Waals surface area (Å²) in [5.41, 5.74) is -0.107. The Labute approximate surface area is 154 Å². The van der Waals surface area contributed by atoms with Gasteiger partial charge in [0, 0.05) is 12.0 Å². The van der Waals surface area contributed by atoms with Crippen molar-refractivity contribution in [1.29, 1.82) is 0 Å². The Morgan fingerprint density at radius 3 is 2.42 bits per heavy atom. The zero-order valence-corrected chi connectivity index (χ0v) is 16.0. The van der Waals surface area contributed by atoms with Gasteiger partial charge in [0.15, 0.2) is 23.0 Å². The summed E-state index contributed by atoms with van der Waals surface area (Å²) in [4.78, 5) is 27.1. The minimum atomic E-state index is -0.753. The van der Waals surface area contributed by atoms with Crippen molar-refractivity contribution in [1.82, 2.24) is 4.90 Å². The Bertz CT molecular complexity index is 745. The number of methoxy groups -OCH3 is 1. The molecule has 0 fully saturated rings. The van der Waals surface area contributed by atoms with Crippen LogP contribution in [0.2, 0.25) is 0 Å². The number of benzene rings is 1. The number of aliphatic hydroxyl groups excluding tert-OH is 1. The molecule has 0 saturated carbocycles. The molecular weight excluding hydrogens is 334 g/mol. The van der Waals surface area contributed by atoms with Crippen LogP contribution in [0, 0.1) is 5.41 Å². The second kappa shape index (κ2) is 7.40. The Balaban J connectivity index is 2.58. The number of hydrogen-bond donors (Lipinski definition) is 2. The molecule has 1 amide bonds. The van der Waals surface area contributed by atoms with Gasteiger partial charge in [0.1, 0.15) is 0 Å². The van der Waals surface area contributed by atoms with E-state index in [0.29, 0.717) is 17.9 Å². The third-order valence-corrected chi connectivity index (χ3v) is 4.50. The average molecular weight is 361 g/mol. The number of aromatic hydroxyl groups is 1. The van der Waals surface area contributed by atoms with E-state index in [2.05, 4.69) is 0 Å². The van der Waals surface area contributed by atoms with E-state index in [-0.39, 0.29) is 17.1 Å². The van der Waals surface area contributed by atoms with Crippen molar-refractivity contribution in [2.75, 3.05) is 13.7 Å². The highest BCUT2D eigenvalue weighted by Crippen LogP contribution is 2.42. The van der Waals surface area contributed by atoms with Crippen LogP contribution < -0.4 is 4.74 Å². The van der Waals surface area contributed by atoms with Crippen LogP contribution in [0.25, 0.3) is 0 Å². The molecule has 6 heteroatoms. The first kappa shape index (κ1) is 19.8. The van der Waals surface area contributed by atoms with E-state index in [1.165, 1.54) is 18.1 Å². The van der Waals surface area contributed by atoms with Gasteiger partial charge in [0.25, 0.3) is 5.91 Å². The van der Waals surface area contributed by atoms with Crippen LogP contribution in [0.1, 0.15) is 52.1 Å². The first-order valence-electron chi connectivity index (χ1n) is 8.79. The number of phenolic OH excluding ortho intramolecular Hbond substituents is 1. The van der Waals surface area contributed by atoms with Gasteiger partial charge in [-0.15, -0.1) is 0 Å². The zero-order chi connectivity index (χ0) is 19.6. The first-order valence-corrected chi connectivity index (χ1v) is 8.79. The molecule has 0 bridgehead atoms. The third-order valence-electron chi connectivity index (χ3n) is 4.50. The zero-order valence-electron chi connectivity index (χ0n) is 16.0. The molecule has 142 valence electrons. The highest BCUT2D eigenvalue weighted by molar-refractivity contribution is 6.10. The largest absolute Gasteiger partial charge is 0.504 e. The first-order chi connectivity index (χ1) is 12.1. The minimum absolute atomic E-state index is 0.0816. The van der Waals surface area contributed by atoms with Gasteiger partial charge in [-0.05, 0) is 24.1 Å². The molecule has 1 aromatic carbocycles. The highest BCUT2D eigenvalue weighted by Gasteiger charge is 2.45. The summed E-state index contributed by atoms with van der Waals surface area (Å²) in [6.07, 6.45) is 1.61. The summed E-state index contributed by atoms with van der Waals surface area (Å²) in [5.74, 6) is -1.12. The van der Waals surface area contributed by atoms with E-state index in [1.807, 2.05) is 6.92 Å². The van der Waals surface area contributed by atoms with Gasteiger partial charge in [-0.3, -0.25) is 9.59 Å². The second-order valence-electron chi connectivity index (χ2n) is 7.53. The van der Waals surface area contributed by atoms with Crippen molar-refractivity contribution < 1.29 is 24.5 Å². The lowest BCUT2D eigenvalue weighted by molar-refractivity contribution is -0.129. The van der Waals surface area contributed by atoms with Gasteiger partial charge in [-0.1, -0.05) is 40.2 Å². The van der Waals surface area contributed by atoms with Crippen molar-refractivity contribution in [3.05, 3.63) is 35.1 Å². The highest BCUT2D eigenvalue weighted by atomic mass is 16.5. The van der Waals surface area contributed by atoms with Crippen LogP contribution in [-0.2, 0) is 9.59 Å². The molecule has 26 heavy (non-hydrogen) atoms. The SMILES string of the molecule is CCCCN1C(=O)C(O)=C(C(=O)C(C)(C)C)C1c1ccc(OC)c(O)c1. The Kier molecular flexibility index (Phi) is 5.64. The predicted octanol–water partition coefficient (Wildman–Crippen LogP) is 3.51. The molecule has 0 spiro atoms. The van der Waals surface area contributed by atoms with Gasteiger partial charge >= 0.3 is 0 Å². The van der Waals surface area contributed by atoms with Crippen molar-refractivity contribution in [3.63, 3.8) is 0 Å². The maximum absolute atomic E-state index is 13.0. The van der Waals surface area contributed by atoms with Crippen molar-refractivity contribution in [2.24, 2.45) is 5.41 Å². The molecule has 0 radical (unpaired) electrons. The molecule has 1 unspecified atom stereocenters. The lowest BCUT2D eigenvalue weighted by Gasteiger charge is -2.29. The second-order valence-corrected chi connectivity index (χ2v) is 7.53. The van der Waals surface area contributed by atoms with Gasteiger partial charge in [0.05, 0.1) is 18.7 Å². The van der Waals surface area contributed by atoms with E-state index < -0.39 is 23.1 Å². The molecule has 1 heterocycles. The normalized spacial score (nSPS) is 17.8. The molecule has 2 N–H and O–H groups in total. The van der Waals surface area contributed by atoms with Crippen LogP contribution in [0.5, 0.6) is 11.5 Å². The number of rotatable bonds is 6.